The lowest BCUT2D eigenvalue weighted by molar-refractivity contribution is -0.870. The van der Waals surface area contributed by atoms with Gasteiger partial charge in [-0.15, -0.1) is 0 Å². The molecule has 0 heterocycles. The fourth-order valence-electron chi connectivity index (χ4n) is 8.62. The molecule has 8 nitrogen and oxygen atoms in total. The number of rotatable bonds is 53. The number of carbonyl (C=O) groups excluding carboxylic acids is 1. The molecule has 66 heavy (non-hydrogen) atoms. The first-order valence-electron chi connectivity index (χ1n) is 28.7. The van der Waals surface area contributed by atoms with Gasteiger partial charge in [-0.1, -0.05) is 256 Å². The van der Waals surface area contributed by atoms with Crippen LogP contribution in [0.5, 0.6) is 0 Å². The largest absolute Gasteiger partial charge is 0.756 e. The summed E-state index contributed by atoms with van der Waals surface area (Å²) < 4.78 is 23.3. The molecule has 9 heteroatoms. The first-order valence-corrected chi connectivity index (χ1v) is 30.2. The lowest BCUT2D eigenvalue weighted by Gasteiger charge is -2.29. The minimum absolute atomic E-state index is 0.000933. The van der Waals surface area contributed by atoms with Gasteiger partial charge in [-0.3, -0.25) is 9.36 Å². The van der Waals surface area contributed by atoms with E-state index >= 15 is 0 Å². The fourth-order valence-corrected chi connectivity index (χ4v) is 9.34. The molecule has 0 aromatic carbocycles. The predicted molar refractivity (Wildman–Crippen MR) is 284 cm³/mol. The quantitative estimate of drug-likeness (QED) is 0.0272. The number of quaternary nitrogens is 1. The van der Waals surface area contributed by atoms with Gasteiger partial charge in [0.2, 0.25) is 5.91 Å². The van der Waals surface area contributed by atoms with Crippen LogP contribution >= 0.6 is 7.82 Å². The van der Waals surface area contributed by atoms with Crippen molar-refractivity contribution < 1.29 is 32.9 Å². The molecule has 0 aliphatic carbocycles. The van der Waals surface area contributed by atoms with Gasteiger partial charge in [0.15, 0.2) is 0 Å². The summed E-state index contributed by atoms with van der Waals surface area (Å²) in [6, 6.07) is -0.883. The molecule has 0 saturated carbocycles. The van der Waals surface area contributed by atoms with Crippen molar-refractivity contribution in [1.29, 1.82) is 0 Å². The number of aliphatic hydroxyl groups excluding tert-OH is 1. The summed E-state index contributed by atoms with van der Waals surface area (Å²) in [6.07, 6.45) is 61.2. The number of likely N-dealkylation sites (N-methyl/N-ethyl adjacent to an activating group) is 1. The monoisotopic (exact) mass is 953 g/mol. The molecule has 0 bridgehead atoms. The Morgan fingerprint density at radius 1 is 0.515 bits per heavy atom. The SMILES string of the molecule is CCCCCCCCCCCCCC/C=C\CCCCCCCCCCCCCCCCC(=O)NC(COP(=O)([O-])OCC[N+](C)(C)C)C(O)/C=C/CCCCCCCCCCCCCC. The lowest BCUT2D eigenvalue weighted by atomic mass is 10.0. The molecular formula is C57H113N2O6P. The first kappa shape index (κ1) is 65.0. The molecule has 0 aliphatic rings. The van der Waals surface area contributed by atoms with Gasteiger partial charge in [0.05, 0.1) is 39.9 Å². The number of allylic oxidation sites excluding steroid dienone is 3. The minimum Gasteiger partial charge on any atom is -0.756 e. The number of hydrogen-bond acceptors (Lipinski definition) is 6. The molecule has 3 unspecified atom stereocenters. The average Bonchev–Trinajstić information content (AvgIpc) is 3.28. The molecule has 0 aromatic heterocycles. The smallest absolute Gasteiger partial charge is 0.268 e. The van der Waals surface area contributed by atoms with Gasteiger partial charge < -0.3 is 28.8 Å². The van der Waals surface area contributed by atoms with Crippen molar-refractivity contribution in [3.05, 3.63) is 24.3 Å². The van der Waals surface area contributed by atoms with Gasteiger partial charge >= 0.3 is 0 Å². The zero-order valence-electron chi connectivity index (χ0n) is 44.7. The van der Waals surface area contributed by atoms with E-state index in [1.54, 1.807) is 6.08 Å². The number of phosphoric acid groups is 1. The van der Waals surface area contributed by atoms with Crippen molar-refractivity contribution in [3.63, 3.8) is 0 Å². The van der Waals surface area contributed by atoms with Crippen LogP contribution in [0.3, 0.4) is 0 Å². The number of phosphoric ester groups is 1. The topological polar surface area (TPSA) is 108 Å². The van der Waals surface area contributed by atoms with Crippen molar-refractivity contribution in [2.45, 2.75) is 296 Å². The third kappa shape index (κ3) is 50.8. The number of nitrogens with one attached hydrogen (secondary N) is 1. The maximum Gasteiger partial charge on any atom is 0.268 e. The Hall–Kier alpha value is -1.02. The van der Waals surface area contributed by atoms with Gasteiger partial charge in [-0.05, 0) is 44.9 Å². The Morgan fingerprint density at radius 3 is 1.18 bits per heavy atom. The van der Waals surface area contributed by atoms with Gasteiger partial charge in [0, 0.05) is 6.42 Å². The summed E-state index contributed by atoms with van der Waals surface area (Å²) in [4.78, 5) is 25.4. The van der Waals surface area contributed by atoms with Crippen LogP contribution in [-0.4, -0.2) is 68.5 Å². The summed E-state index contributed by atoms with van der Waals surface area (Å²) in [7, 11) is 1.27. The van der Waals surface area contributed by atoms with Crippen molar-refractivity contribution in [2.24, 2.45) is 0 Å². The summed E-state index contributed by atoms with van der Waals surface area (Å²) in [5, 5.41) is 13.9. The van der Waals surface area contributed by atoms with E-state index in [2.05, 4.69) is 31.3 Å². The lowest BCUT2D eigenvalue weighted by Crippen LogP contribution is -2.45. The van der Waals surface area contributed by atoms with E-state index in [1.807, 2.05) is 27.2 Å². The van der Waals surface area contributed by atoms with E-state index < -0.39 is 20.0 Å². The number of aliphatic hydroxyl groups is 1. The fraction of sp³-hybridized carbons (Fsp3) is 0.912. The molecular weight excluding hydrogens is 840 g/mol. The number of hydrogen-bond donors (Lipinski definition) is 2. The molecule has 392 valence electrons. The van der Waals surface area contributed by atoms with Crippen molar-refractivity contribution >= 4 is 13.7 Å². The van der Waals surface area contributed by atoms with E-state index in [1.165, 1.54) is 225 Å². The van der Waals surface area contributed by atoms with Crippen LogP contribution in [-0.2, 0) is 18.4 Å². The molecule has 0 aliphatic heterocycles. The van der Waals surface area contributed by atoms with Crippen LogP contribution in [0.25, 0.3) is 0 Å². The Bertz CT molecular complexity index is 1130. The molecule has 0 spiro atoms. The van der Waals surface area contributed by atoms with Crippen LogP contribution in [0.1, 0.15) is 284 Å². The second-order valence-corrected chi connectivity index (χ2v) is 22.4. The summed E-state index contributed by atoms with van der Waals surface area (Å²) in [5.41, 5.74) is 0. The number of amides is 1. The summed E-state index contributed by atoms with van der Waals surface area (Å²) in [5.74, 6) is -0.194. The summed E-state index contributed by atoms with van der Waals surface area (Å²) in [6.45, 7) is 4.68. The highest BCUT2D eigenvalue weighted by Crippen LogP contribution is 2.38. The van der Waals surface area contributed by atoms with Crippen LogP contribution < -0.4 is 10.2 Å². The van der Waals surface area contributed by atoms with Crippen molar-refractivity contribution in [1.82, 2.24) is 5.32 Å². The first-order chi connectivity index (χ1) is 32.0. The minimum atomic E-state index is -4.59. The number of nitrogens with zero attached hydrogens (tertiary/aromatic N) is 1. The van der Waals surface area contributed by atoms with E-state index in [0.717, 1.165) is 38.5 Å². The molecule has 0 fully saturated rings. The molecule has 0 aromatic rings. The van der Waals surface area contributed by atoms with Crippen LogP contribution in [0.4, 0.5) is 0 Å². The molecule has 0 rings (SSSR count). The number of unbranched alkanes of at least 4 members (excludes halogenated alkanes) is 38. The van der Waals surface area contributed by atoms with Gasteiger partial charge in [-0.25, -0.2) is 0 Å². The van der Waals surface area contributed by atoms with Crippen LogP contribution in [0.2, 0.25) is 0 Å². The van der Waals surface area contributed by atoms with E-state index in [4.69, 9.17) is 9.05 Å². The Balaban J connectivity index is 4.06. The Labute approximate surface area is 411 Å². The zero-order chi connectivity index (χ0) is 48.5. The van der Waals surface area contributed by atoms with Gasteiger partial charge in [-0.2, -0.15) is 0 Å². The molecule has 1 amide bonds. The van der Waals surface area contributed by atoms with Crippen molar-refractivity contribution in [2.75, 3.05) is 40.9 Å². The van der Waals surface area contributed by atoms with Crippen LogP contribution in [0, 0.1) is 0 Å². The number of carbonyl (C=O) groups is 1. The second-order valence-electron chi connectivity index (χ2n) is 21.0. The predicted octanol–water partition coefficient (Wildman–Crippen LogP) is 16.6. The molecule has 0 radical (unpaired) electrons. The molecule has 3 atom stereocenters. The maximum absolute atomic E-state index is 12.9. The van der Waals surface area contributed by atoms with Crippen molar-refractivity contribution in [3.8, 4) is 0 Å². The highest BCUT2D eigenvalue weighted by Gasteiger charge is 2.23. The van der Waals surface area contributed by atoms with E-state index in [-0.39, 0.29) is 19.1 Å². The third-order valence-electron chi connectivity index (χ3n) is 13.2. The van der Waals surface area contributed by atoms with Gasteiger partial charge in [0.25, 0.3) is 7.82 Å². The molecule has 2 N–H and O–H groups in total. The average molecular weight is 954 g/mol. The summed E-state index contributed by atoms with van der Waals surface area (Å²) >= 11 is 0. The third-order valence-corrected chi connectivity index (χ3v) is 14.1. The highest BCUT2D eigenvalue weighted by atomic mass is 31.2. The normalized spacial score (nSPS) is 14.1. The Kier molecular flexibility index (Phi) is 48.2. The highest BCUT2D eigenvalue weighted by molar-refractivity contribution is 7.45. The second kappa shape index (κ2) is 49.0. The van der Waals surface area contributed by atoms with E-state index in [9.17, 15) is 19.4 Å². The van der Waals surface area contributed by atoms with E-state index in [0.29, 0.717) is 17.4 Å². The molecule has 0 saturated heterocycles. The van der Waals surface area contributed by atoms with Gasteiger partial charge in [0.1, 0.15) is 13.2 Å². The maximum atomic E-state index is 12.9. The van der Waals surface area contributed by atoms with Crippen LogP contribution in [0.15, 0.2) is 24.3 Å². The standard InChI is InChI=1S/C57H113N2O6P/c1-6-8-10-12-14-16-18-20-22-23-24-25-26-27-28-29-30-31-32-33-34-35-36-37-39-41-43-45-47-49-51-57(61)58-55(54-65-66(62,63)64-53-52-59(3,4)5)56(60)50-48-46-44-42-40-38-21-19-17-15-13-11-9-7-2/h27-28,48,50,55-56,60H,6-26,29-47,49,51-54H2,1-5H3,(H-,58,61,62,63)/b28-27-,50-48+. The zero-order valence-corrected chi connectivity index (χ0v) is 45.6. The Morgan fingerprint density at radius 2 is 0.833 bits per heavy atom.